The zero-order chi connectivity index (χ0) is 13.8. The van der Waals surface area contributed by atoms with Crippen molar-refractivity contribution >= 4 is 15.9 Å². The summed E-state index contributed by atoms with van der Waals surface area (Å²) >= 11 is 3.41. The minimum atomic E-state index is -0.117. The fourth-order valence-electron chi connectivity index (χ4n) is 2.85. The lowest BCUT2D eigenvalue weighted by Crippen LogP contribution is -2.40. The first-order valence-electron chi connectivity index (χ1n) is 7.03. The van der Waals surface area contributed by atoms with E-state index in [0.29, 0.717) is 18.6 Å². The van der Waals surface area contributed by atoms with Crippen molar-refractivity contribution in [1.82, 2.24) is 4.90 Å². The van der Waals surface area contributed by atoms with Gasteiger partial charge < -0.3 is 5.73 Å². The molecule has 0 aliphatic heterocycles. The van der Waals surface area contributed by atoms with Crippen LogP contribution in [-0.4, -0.2) is 23.5 Å². The number of nitrogens with two attached hydrogens (primary N) is 1. The van der Waals surface area contributed by atoms with Crippen molar-refractivity contribution in [2.75, 3.05) is 6.54 Å². The van der Waals surface area contributed by atoms with Gasteiger partial charge in [0, 0.05) is 28.7 Å². The van der Waals surface area contributed by atoms with E-state index in [-0.39, 0.29) is 5.82 Å². The van der Waals surface area contributed by atoms with Crippen molar-refractivity contribution in [2.45, 2.75) is 51.2 Å². The molecule has 1 aromatic rings. The van der Waals surface area contributed by atoms with Crippen molar-refractivity contribution < 1.29 is 4.39 Å². The third-order valence-corrected chi connectivity index (χ3v) is 4.54. The van der Waals surface area contributed by atoms with Crippen molar-refractivity contribution in [3.8, 4) is 0 Å². The summed E-state index contributed by atoms with van der Waals surface area (Å²) in [6, 6.07) is 6.06. The Bertz CT molecular complexity index is 417. The normalized spacial score (nSPS) is 23.8. The van der Waals surface area contributed by atoms with Crippen LogP contribution in [0.1, 0.15) is 38.2 Å². The summed E-state index contributed by atoms with van der Waals surface area (Å²) in [6.07, 6.45) is 4.43. The molecular weight excluding hydrogens is 307 g/mol. The highest BCUT2D eigenvalue weighted by atomic mass is 79.9. The monoisotopic (exact) mass is 328 g/mol. The van der Waals surface area contributed by atoms with E-state index in [9.17, 15) is 4.39 Å². The molecule has 4 heteroatoms. The Morgan fingerprint density at radius 2 is 2.00 bits per heavy atom. The van der Waals surface area contributed by atoms with Gasteiger partial charge >= 0.3 is 0 Å². The lowest BCUT2D eigenvalue weighted by atomic mass is 9.90. The van der Waals surface area contributed by atoms with Crippen LogP contribution in [0.2, 0.25) is 0 Å². The highest BCUT2D eigenvalue weighted by Gasteiger charge is 2.23. The second kappa shape index (κ2) is 6.82. The van der Waals surface area contributed by atoms with Crippen molar-refractivity contribution in [3.63, 3.8) is 0 Å². The van der Waals surface area contributed by atoms with E-state index in [1.807, 2.05) is 6.07 Å². The molecule has 1 fully saturated rings. The molecule has 0 heterocycles. The fraction of sp³-hybridized carbons (Fsp3) is 0.600. The summed E-state index contributed by atoms with van der Waals surface area (Å²) in [5, 5.41) is 0. The van der Waals surface area contributed by atoms with Gasteiger partial charge in [0.25, 0.3) is 0 Å². The summed E-state index contributed by atoms with van der Waals surface area (Å²) in [5.74, 6) is -0.117. The molecule has 19 heavy (non-hydrogen) atoms. The molecule has 0 spiro atoms. The van der Waals surface area contributed by atoms with Crippen LogP contribution in [0.15, 0.2) is 22.7 Å². The maximum Gasteiger partial charge on any atom is 0.127 e. The van der Waals surface area contributed by atoms with Crippen LogP contribution in [0, 0.1) is 5.82 Å². The van der Waals surface area contributed by atoms with E-state index >= 15 is 0 Å². The van der Waals surface area contributed by atoms with E-state index in [2.05, 4.69) is 27.8 Å². The lowest BCUT2D eigenvalue weighted by molar-refractivity contribution is 0.148. The largest absolute Gasteiger partial charge is 0.328 e. The maximum absolute atomic E-state index is 13.8. The molecule has 2 rings (SSSR count). The summed E-state index contributed by atoms with van der Waals surface area (Å²) in [4.78, 5) is 2.37. The van der Waals surface area contributed by atoms with Gasteiger partial charge in [-0.05, 0) is 50.4 Å². The Morgan fingerprint density at radius 1 is 1.32 bits per heavy atom. The van der Waals surface area contributed by atoms with Crippen LogP contribution in [0.3, 0.4) is 0 Å². The first kappa shape index (κ1) is 14.9. The molecule has 0 saturated heterocycles. The first-order chi connectivity index (χ1) is 9.10. The summed E-state index contributed by atoms with van der Waals surface area (Å²) < 4.78 is 14.8. The number of hydrogen-bond acceptors (Lipinski definition) is 2. The fourth-order valence-corrected chi connectivity index (χ4v) is 3.26. The van der Waals surface area contributed by atoms with E-state index in [4.69, 9.17) is 5.73 Å². The molecule has 0 unspecified atom stereocenters. The zero-order valence-corrected chi connectivity index (χ0v) is 13.0. The van der Waals surface area contributed by atoms with Gasteiger partial charge in [0.1, 0.15) is 5.82 Å². The smallest absolute Gasteiger partial charge is 0.127 e. The number of hydrogen-bond donors (Lipinski definition) is 1. The third-order valence-electron chi connectivity index (χ3n) is 4.05. The van der Waals surface area contributed by atoms with Crippen molar-refractivity contribution in [1.29, 1.82) is 0 Å². The molecule has 1 aliphatic rings. The van der Waals surface area contributed by atoms with Crippen LogP contribution in [0.4, 0.5) is 4.39 Å². The lowest BCUT2D eigenvalue weighted by Gasteiger charge is -2.35. The van der Waals surface area contributed by atoms with Crippen LogP contribution >= 0.6 is 15.9 Å². The van der Waals surface area contributed by atoms with Gasteiger partial charge in [0.05, 0.1) is 0 Å². The standard InChI is InChI=1S/C15H22BrFN2/c1-2-19(14-6-4-13(18)5-7-14)10-11-9-12(16)3-8-15(11)17/h3,8-9,13-14H,2,4-7,10,18H2,1H3. The Kier molecular flexibility index (Phi) is 5.37. The van der Waals surface area contributed by atoms with Crippen molar-refractivity contribution in [2.24, 2.45) is 5.73 Å². The minimum absolute atomic E-state index is 0.117. The second-order valence-electron chi connectivity index (χ2n) is 5.37. The topological polar surface area (TPSA) is 29.3 Å². The van der Waals surface area contributed by atoms with Gasteiger partial charge in [0.15, 0.2) is 0 Å². The van der Waals surface area contributed by atoms with Gasteiger partial charge in [-0.1, -0.05) is 22.9 Å². The molecule has 0 atom stereocenters. The molecule has 1 aliphatic carbocycles. The average Bonchev–Trinajstić information content (AvgIpc) is 2.41. The molecule has 0 bridgehead atoms. The number of benzene rings is 1. The third kappa shape index (κ3) is 4.01. The summed E-state index contributed by atoms with van der Waals surface area (Å²) in [7, 11) is 0. The Morgan fingerprint density at radius 3 is 2.63 bits per heavy atom. The summed E-state index contributed by atoms with van der Waals surface area (Å²) in [5.41, 5.74) is 6.72. The maximum atomic E-state index is 13.8. The predicted molar refractivity (Wildman–Crippen MR) is 80.4 cm³/mol. The van der Waals surface area contributed by atoms with E-state index in [0.717, 1.165) is 42.3 Å². The highest BCUT2D eigenvalue weighted by Crippen LogP contribution is 2.25. The Hall–Kier alpha value is -0.450. The van der Waals surface area contributed by atoms with E-state index in [1.54, 1.807) is 6.07 Å². The first-order valence-corrected chi connectivity index (χ1v) is 7.83. The van der Waals surface area contributed by atoms with E-state index < -0.39 is 0 Å². The Labute approximate surface area is 123 Å². The SMILES string of the molecule is CCN(Cc1cc(Br)ccc1F)C1CCC(N)CC1. The van der Waals surface area contributed by atoms with Gasteiger partial charge in [0.2, 0.25) is 0 Å². The van der Waals surface area contributed by atoms with Gasteiger partial charge in [-0.3, -0.25) is 4.90 Å². The molecule has 0 amide bonds. The molecule has 1 saturated carbocycles. The molecule has 0 aromatic heterocycles. The van der Waals surface area contributed by atoms with Crippen LogP contribution in [0.25, 0.3) is 0 Å². The molecule has 106 valence electrons. The van der Waals surface area contributed by atoms with Gasteiger partial charge in [-0.2, -0.15) is 0 Å². The number of halogens is 2. The van der Waals surface area contributed by atoms with Crippen LogP contribution in [0.5, 0.6) is 0 Å². The van der Waals surface area contributed by atoms with Gasteiger partial charge in [-0.25, -0.2) is 4.39 Å². The molecule has 2 nitrogen and oxygen atoms in total. The number of rotatable bonds is 4. The summed E-state index contributed by atoms with van der Waals surface area (Å²) in [6.45, 7) is 3.78. The average molecular weight is 329 g/mol. The molecule has 0 radical (unpaired) electrons. The molecular formula is C15H22BrFN2. The van der Waals surface area contributed by atoms with Crippen molar-refractivity contribution in [3.05, 3.63) is 34.1 Å². The Balaban J connectivity index is 2.04. The van der Waals surface area contributed by atoms with Gasteiger partial charge in [-0.15, -0.1) is 0 Å². The zero-order valence-electron chi connectivity index (χ0n) is 11.4. The van der Waals surface area contributed by atoms with Crippen LogP contribution < -0.4 is 5.73 Å². The number of nitrogens with zero attached hydrogens (tertiary/aromatic N) is 1. The molecule has 1 aromatic carbocycles. The predicted octanol–water partition coefficient (Wildman–Crippen LogP) is 3.68. The molecule has 2 N–H and O–H groups in total. The second-order valence-corrected chi connectivity index (χ2v) is 6.28. The minimum Gasteiger partial charge on any atom is -0.328 e. The quantitative estimate of drug-likeness (QED) is 0.913. The highest BCUT2D eigenvalue weighted by molar-refractivity contribution is 9.10. The van der Waals surface area contributed by atoms with Crippen LogP contribution in [-0.2, 0) is 6.54 Å². The van der Waals surface area contributed by atoms with E-state index in [1.165, 1.54) is 6.07 Å².